The molecule has 20 heavy (non-hydrogen) atoms. The van der Waals surface area contributed by atoms with Crippen molar-refractivity contribution < 1.29 is 0 Å². The van der Waals surface area contributed by atoms with Gasteiger partial charge in [0.1, 0.15) is 17.5 Å². The molecular formula is C15H16N4O. The first-order valence-electron chi connectivity index (χ1n) is 6.62. The zero-order valence-corrected chi connectivity index (χ0v) is 11.7. The monoisotopic (exact) mass is 268 g/mol. The fraction of sp³-hybridized carbons (Fsp3) is 0.267. The number of aromatic nitrogens is 4. The van der Waals surface area contributed by atoms with E-state index in [1.54, 1.807) is 0 Å². The number of H-pyrrole nitrogens is 1. The third kappa shape index (κ3) is 2.01. The number of nitrogens with zero attached hydrogens (tertiary/aromatic N) is 3. The van der Waals surface area contributed by atoms with E-state index in [0.717, 1.165) is 16.9 Å². The minimum absolute atomic E-state index is 0.143. The SMILES string of the molecule is Cc1nc2ccccc2n1-c1cc(=O)[nH]c(C(C)C)n1. The summed E-state index contributed by atoms with van der Waals surface area (Å²) < 4.78 is 1.91. The summed E-state index contributed by atoms with van der Waals surface area (Å²) in [4.78, 5) is 23.7. The molecule has 5 nitrogen and oxygen atoms in total. The van der Waals surface area contributed by atoms with Gasteiger partial charge in [-0.3, -0.25) is 9.36 Å². The van der Waals surface area contributed by atoms with Gasteiger partial charge < -0.3 is 4.98 Å². The second-order valence-corrected chi connectivity index (χ2v) is 5.13. The van der Waals surface area contributed by atoms with E-state index in [1.807, 2.05) is 49.6 Å². The van der Waals surface area contributed by atoms with Crippen LogP contribution in [0.1, 0.15) is 31.4 Å². The summed E-state index contributed by atoms with van der Waals surface area (Å²) in [7, 11) is 0. The van der Waals surface area contributed by atoms with Crippen LogP contribution < -0.4 is 5.56 Å². The maximum atomic E-state index is 11.8. The highest BCUT2D eigenvalue weighted by atomic mass is 16.1. The van der Waals surface area contributed by atoms with E-state index >= 15 is 0 Å². The molecule has 0 saturated carbocycles. The summed E-state index contributed by atoms with van der Waals surface area (Å²) in [5, 5.41) is 0. The Labute approximate surface area is 116 Å². The van der Waals surface area contributed by atoms with E-state index < -0.39 is 0 Å². The van der Waals surface area contributed by atoms with Gasteiger partial charge in [0.15, 0.2) is 0 Å². The van der Waals surface area contributed by atoms with Gasteiger partial charge in [-0.2, -0.15) is 0 Å². The Kier molecular flexibility index (Phi) is 2.89. The molecule has 102 valence electrons. The summed E-state index contributed by atoms with van der Waals surface area (Å²) in [5.41, 5.74) is 1.71. The Morgan fingerprint density at radius 2 is 1.95 bits per heavy atom. The van der Waals surface area contributed by atoms with Crippen LogP contribution in [0.25, 0.3) is 16.9 Å². The summed E-state index contributed by atoms with van der Waals surface area (Å²) in [5.74, 6) is 2.28. The first-order valence-corrected chi connectivity index (χ1v) is 6.62. The lowest BCUT2D eigenvalue weighted by Gasteiger charge is -2.09. The highest BCUT2D eigenvalue weighted by Gasteiger charge is 2.12. The van der Waals surface area contributed by atoms with Gasteiger partial charge in [-0.05, 0) is 19.1 Å². The van der Waals surface area contributed by atoms with E-state index in [0.29, 0.717) is 11.6 Å². The van der Waals surface area contributed by atoms with Crippen molar-refractivity contribution in [3.8, 4) is 5.82 Å². The van der Waals surface area contributed by atoms with Crippen molar-refractivity contribution >= 4 is 11.0 Å². The van der Waals surface area contributed by atoms with Crippen molar-refractivity contribution in [2.24, 2.45) is 0 Å². The van der Waals surface area contributed by atoms with E-state index in [4.69, 9.17) is 0 Å². The van der Waals surface area contributed by atoms with Crippen molar-refractivity contribution in [2.45, 2.75) is 26.7 Å². The molecule has 5 heteroatoms. The van der Waals surface area contributed by atoms with Crippen molar-refractivity contribution in [3.63, 3.8) is 0 Å². The molecule has 1 aromatic carbocycles. The van der Waals surface area contributed by atoms with Crippen LogP contribution in [0.3, 0.4) is 0 Å². The molecule has 0 amide bonds. The maximum Gasteiger partial charge on any atom is 0.253 e. The lowest BCUT2D eigenvalue weighted by molar-refractivity contribution is 0.753. The molecule has 0 spiro atoms. The number of nitrogens with one attached hydrogen (secondary N) is 1. The number of benzene rings is 1. The fourth-order valence-electron chi connectivity index (χ4n) is 2.29. The van der Waals surface area contributed by atoms with Crippen molar-refractivity contribution in [3.05, 3.63) is 52.3 Å². The predicted molar refractivity (Wildman–Crippen MR) is 78.3 cm³/mol. The molecule has 0 saturated heterocycles. The van der Waals surface area contributed by atoms with Crippen LogP contribution in [0.5, 0.6) is 0 Å². The van der Waals surface area contributed by atoms with Gasteiger partial charge in [0, 0.05) is 12.0 Å². The zero-order chi connectivity index (χ0) is 14.3. The highest BCUT2D eigenvalue weighted by Crippen LogP contribution is 2.19. The maximum absolute atomic E-state index is 11.8. The highest BCUT2D eigenvalue weighted by molar-refractivity contribution is 5.77. The summed E-state index contributed by atoms with van der Waals surface area (Å²) in [6.07, 6.45) is 0. The van der Waals surface area contributed by atoms with Gasteiger partial charge in [-0.15, -0.1) is 0 Å². The molecule has 3 rings (SSSR count). The Hall–Kier alpha value is -2.43. The van der Waals surface area contributed by atoms with Gasteiger partial charge in [-0.1, -0.05) is 26.0 Å². The van der Waals surface area contributed by atoms with Crippen LogP contribution in [0.2, 0.25) is 0 Å². The molecule has 0 bridgehead atoms. The topological polar surface area (TPSA) is 63.6 Å². The number of para-hydroxylation sites is 2. The van der Waals surface area contributed by atoms with E-state index in [2.05, 4.69) is 15.0 Å². The predicted octanol–water partition coefficient (Wildman–Crippen LogP) is 2.54. The van der Waals surface area contributed by atoms with Gasteiger partial charge in [0.05, 0.1) is 11.0 Å². The van der Waals surface area contributed by atoms with E-state index in [9.17, 15) is 4.79 Å². The number of aromatic amines is 1. The van der Waals surface area contributed by atoms with Crippen molar-refractivity contribution in [1.82, 2.24) is 19.5 Å². The summed E-state index contributed by atoms with van der Waals surface area (Å²) in [6.45, 7) is 5.92. The molecule has 0 unspecified atom stereocenters. The second kappa shape index (κ2) is 4.59. The van der Waals surface area contributed by atoms with Crippen LogP contribution in [-0.4, -0.2) is 19.5 Å². The Bertz CT molecular complexity index is 829. The number of hydrogen-bond donors (Lipinski definition) is 1. The van der Waals surface area contributed by atoms with Crippen LogP contribution in [0.15, 0.2) is 35.1 Å². The number of rotatable bonds is 2. The quantitative estimate of drug-likeness (QED) is 0.776. The summed E-state index contributed by atoms with van der Waals surface area (Å²) in [6, 6.07) is 9.34. The first-order chi connectivity index (χ1) is 9.56. The molecule has 3 aromatic rings. The molecule has 2 aromatic heterocycles. The third-order valence-corrected chi connectivity index (χ3v) is 3.25. The minimum Gasteiger partial charge on any atom is -0.310 e. The standard InChI is InChI=1S/C15H16N4O/c1-9(2)15-17-13(8-14(20)18-15)19-10(3)16-11-6-4-5-7-12(11)19/h4-9H,1-3H3,(H,17,18,20). The Morgan fingerprint density at radius 1 is 1.20 bits per heavy atom. The van der Waals surface area contributed by atoms with Gasteiger partial charge in [0.2, 0.25) is 0 Å². The molecule has 0 radical (unpaired) electrons. The number of aryl methyl sites for hydroxylation is 1. The second-order valence-electron chi connectivity index (χ2n) is 5.13. The molecule has 0 atom stereocenters. The molecule has 0 aliphatic carbocycles. The van der Waals surface area contributed by atoms with Crippen LogP contribution in [-0.2, 0) is 0 Å². The van der Waals surface area contributed by atoms with Crippen molar-refractivity contribution in [1.29, 1.82) is 0 Å². The summed E-state index contributed by atoms with van der Waals surface area (Å²) >= 11 is 0. The Morgan fingerprint density at radius 3 is 2.70 bits per heavy atom. The van der Waals surface area contributed by atoms with Crippen LogP contribution in [0, 0.1) is 6.92 Å². The number of fused-ring (bicyclic) bond motifs is 1. The fourth-order valence-corrected chi connectivity index (χ4v) is 2.29. The molecule has 0 fully saturated rings. The van der Waals surface area contributed by atoms with Crippen LogP contribution in [0.4, 0.5) is 0 Å². The van der Waals surface area contributed by atoms with Crippen molar-refractivity contribution in [2.75, 3.05) is 0 Å². The third-order valence-electron chi connectivity index (χ3n) is 3.25. The zero-order valence-electron chi connectivity index (χ0n) is 11.7. The Balaban J connectivity index is 2.31. The largest absolute Gasteiger partial charge is 0.310 e. The van der Waals surface area contributed by atoms with E-state index in [-0.39, 0.29) is 11.5 Å². The molecular weight excluding hydrogens is 252 g/mol. The van der Waals surface area contributed by atoms with Crippen LogP contribution >= 0.6 is 0 Å². The van der Waals surface area contributed by atoms with E-state index in [1.165, 1.54) is 6.07 Å². The lowest BCUT2D eigenvalue weighted by atomic mass is 10.2. The molecule has 0 aliphatic heterocycles. The average molecular weight is 268 g/mol. The number of imidazole rings is 1. The van der Waals surface area contributed by atoms with Gasteiger partial charge in [-0.25, -0.2) is 9.97 Å². The normalized spacial score (nSPS) is 11.4. The van der Waals surface area contributed by atoms with Gasteiger partial charge >= 0.3 is 0 Å². The minimum atomic E-state index is -0.143. The molecule has 1 N–H and O–H groups in total. The molecule has 2 heterocycles. The average Bonchev–Trinajstić information content (AvgIpc) is 2.73. The van der Waals surface area contributed by atoms with Gasteiger partial charge in [0.25, 0.3) is 5.56 Å². The lowest BCUT2D eigenvalue weighted by Crippen LogP contribution is -2.15. The molecule has 0 aliphatic rings. The number of hydrogen-bond acceptors (Lipinski definition) is 3. The smallest absolute Gasteiger partial charge is 0.253 e. The first kappa shape index (κ1) is 12.6.